The molecule has 0 unspecified atom stereocenters. The third-order valence-electron chi connectivity index (χ3n) is 5.11. The quantitative estimate of drug-likeness (QED) is 0.357. The van der Waals surface area contributed by atoms with Crippen LogP contribution in [0, 0.1) is 11.3 Å². The Hall–Kier alpha value is -3.67. The molecule has 0 radical (unpaired) electrons. The lowest BCUT2D eigenvalue weighted by Gasteiger charge is -2.11. The summed E-state index contributed by atoms with van der Waals surface area (Å²) in [7, 11) is -3.63. The van der Waals surface area contributed by atoms with Crippen molar-refractivity contribution >= 4 is 44.1 Å². The van der Waals surface area contributed by atoms with Crippen molar-refractivity contribution in [3.8, 4) is 17.2 Å². The van der Waals surface area contributed by atoms with Gasteiger partial charge in [0.25, 0.3) is 0 Å². The van der Waals surface area contributed by atoms with Crippen molar-refractivity contribution in [1.82, 2.24) is 9.97 Å². The first-order valence-corrected chi connectivity index (χ1v) is 12.2. The van der Waals surface area contributed by atoms with Crippen LogP contribution in [0.5, 0.6) is 0 Å². The first kappa shape index (κ1) is 22.5. The van der Waals surface area contributed by atoms with E-state index in [1.54, 1.807) is 37.5 Å². The minimum Gasteiger partial charge on any atom is -0.345 e. The van der Waals surface area contributed by atoms with Crippen molar-refractivity contribution in [2.75, 3.05) is 10.5 Å². The van der Waals surface area contributed by atoms with Crippen molar-refractivity contribution in [2.24, 2.45) is 0 Å². The Labute approximate surface area is 196 Å². The number of ketones is 1. The van der Waals surface area contributed by atoms with Crippen LogP contribution in [0.2, 0.25) is 5.02 Å². The number of fused-ring (bicyclic) bond motifs is 1. The largest absolute Gasteiger partial charge is 0.345 e. The normalized spacial score (nSPS) is 11.3. The summed E-state index contributed by atoms with van der Waals surface area (Å²) < 4.78 is 26.9. The molecule has 7 nitrogen and oxygen atoms in total. The second-order valence-corrected chi connectivity index (χ2v) is 9.70. The van der Waals surface area contributed by atoms with E-state index in [1.807, 2.05) is 24.3 Å². The summed E-state index contributed by atoms with van der Waals surface area (Å²) in [5.41, 5.74) is 2.70. The molecular formula is C24H19ClN4O3S. The first-order chi connectivity index (χ1) is 15.8. The number of benzene rings is 2. The number of halogens is 1. The molecule has 0 amide bonds. The standard InChI is InChI=1S/C24H19ClN4O3S/c1-2-10-33(31,32)29-22-5-3-4-18(20(22)12-26)23(30)21-14-28-24-19(21)11-16(13-27-24)15-6-8-17(25)9-7-15/h3-9,11,13-14,29H,2,10H2,1H3,(H,27,28). The van der Waals surface area contributed by atoms with E-state index >= 15 is 0 Å². The highest BCUT2D eigenvalue weighted by atomic mass is 35.5. The fourth-order valence-corrected chi connectivity index (χ4v) is 4.84. The molecule has 4 aromatic rings. The topological polar surface area (TPSA) is 116 Å². The smallest absolute Gasteiger partial charge is 0.232 e. The Morgan fingerprint density at radius 1 is 1.15 bits per heavy atom. The summed E-state index contributed by atoms with van der Waals surface area (Å²) >= 11 is 5.98. The first-order valence-electron chi connectivity index (χ1n) is 10.1. The fraction of sp³-hybridized carbons (Fsp3) is 0.125. The molecule has 0 bridgehead atoms. The van der Waals surface area contributed by atoms with Crippen LogP contribution in [0.25, 0.3) is 22.2 Å². The van der Waals surface area contributed by atoms with Gasteiger partial charge in [-0.2, -0.15) is 5.26 Å². The lowest BCUT2D eigenvalue weighted by molar-refractivity contribution is 0.104. The number of aromatic amines is 1. The predicted molar refractivity (Wildman–Crippen MR) is 129 cm³/mol. The maximum Gasteiger partial charge on any atom is 0.232 e. The van der Waals surface area contributed by atoms with Crippen LogP contribution in [-0.4, -0.2) is 29.9 Å². The number of nitrogens with one attached hydrogen (secondary N) is 2. The lowest BCUT2D eigenvalue weighted by Crippen LogP contribution is -2.17. The molecule has 0 fully saturated rings. The van der Waals surface area contributed by atoms with Gasteiger partial charge in [-0.15, -0.1) is 0 Å². The molecule has 2 N–H and O–H groups in total. The van der Waals surface area contributed by atoms with Crippen molar-refractivity contribution in [2.45, 2.75) is 13.3 Å². The molecule has 4 rings (SSSR count). The predicted octanol–water partition coefficient (Wildman–Crippen LogP) is 5.14. The molecular weight excluding hydrogens is 460 g/mol. The van der Waals surface area contributed by atoms with Gasteiger partial charge in [0, 0.05) is 39.5 Å². The average molecular weight is 479 g/mol. The van der Waals surface area contributed by atoms with Crippen LogP contribution < -0.4 is 4.72 Å². The molecule has 2 heterocycles. The summed E-state index contributed by atoms with van der Waals surface area (Å²) in [5, 5.41) is 10.9. The Balaban J connectivity index is 1.77. The summed E-state index contributed by atoms with van der Waals surface area (Å²) in [4.78, 5) is 20.8. The number of hydrogen-bond donors (Lipinski definition) is 2. The van der Waals surface area contributed by atoms with Gasteiger partial charge in [-0.3, -0.25) is 9.52 Å². The van der Waals surface area contributed by atoms with Gasteiger partial charge in [0.2, 0.25) is 10.0 Å². The number of carbonyl (C=O) groups is 1. The van der Waals surface area contributed by atoms with Crippen molar-refractivity contribution in [3.05, 3.63) is 82.6 Å². The average Bonchev–Trinajstić information content (AvgIpc) is 3.22. The van der Waals surface area contributed by atoms with Gasteiger partial charge in [-0.05, 0) is 42.3 Å². The number of hydrogen-bond acceptors (Lipinski definition) is 5. The number of rotatable bonds is 7. The lowest BCUT2D eigenvalue weighted by atomic mass is 9.97. The summed E-state index contributed by atoms with van der Waals surface area (Å²) in [5.74, 6) is -0.498. The maximum atomic E-state index is 13.4. The number of H-pyrrole nitrogens is 1. The van der Waals surface area contributed by atoms with E-state index in [2.05, 4.69) is 14.7 Å². The minimum atomic E-state index is -3.63. The van der Waals surface area contributed by atoms with Crippen molar-refractivity contribution in [3.63, 3.8) is 0 Å². The second-order valence-electron chi connectivity index (χ2n) is 7.42. The van der Waals surface area contributed by atoms with E-state index in [9.17, 15) is 18.5 Å². The molecule has 0 atom stereocenters. The van der Waals surface area contributed by atoms with Gasteiger partial charge in [0.15, 0.2) is 5.78 Å². The molecule has 0 aliphatic carbocycles. The number of sulfonamides is 1. The number of pyridine rings is 1. The highest BCUT2D eigenvalue weighted by Gasteiger charge is 2.22. The number of aromatic nitrogens is 2. The van der Waals surface area contributed by atoms with Gasteiger partial charge in [0.05, 0.1) is 17.0 Å². The molecule has 0 saturated heterocycles. The van der Waals surface area contributed by atoms with E-state index in [0.717, 1.165) is 11.1 Å². The summed E-state index contributed by atoms with van der Waals surface area (Å²) in [6.45, 7) is 1.74. The fourth-order valence-electron chi connectivity index (χ4n) is 3.57. The van der Waals surface area contributed by atoms with Crippen molar-refractivity contribution < 1.29 is 13.2 Å². The Morgan fingerprint density at radius 3 is 2.61 bits per heavy atom. The zero-order valence-corrected chi connectivity index (χ0v) is 19.2. The number of nitriles is 1. The van der Waals surface area contributed by atoms with E-state index in [1.165, 1.54) is 12.1 Å². The SMILES string of the molecule is CCCS(=O)(=O)Nc1cccc(C(=O)c2c[nH]c3ncc(-c4ccc(Cl)cc4)cc23)c1C#N. The van der Waals surface area contributed by atoms with E-state index in [-0.39, 0.29) is 22.6 Å². The van der Waals surface area contributed by atoms with Crippen LogP contribution in [0.15, 0.2) is 60.9 Å². The zero-order valence-electron chi connectivity index (χ0n) is 17.6. The van der Waals surface area contributed by atoms with Crippen LogP contribution in [0.4, 0.5) is 5.69 Å². The molecule has 0 aliphatic heterocycles. The van der Waals surface area contributed by atoms with Crippen molar-refractivity contribution in [1.29, 1.82) is 5.26 Å². The van der Waals surface area contributed by atoms with E-state index in [0.29, 0.717) is 28.0 Å². The second kappa shape index (κ2) is 9.06. The third-order valence-corrected chi connectivity index (χ3v) is 6.84. The van der Waals surface area contributed by atoms with Crippen LogP contribution >= 0.6 is 11.6 Å². The minimum absolute atomic E-state index is 0.0293. The van der Waals surface area contributed by atoms with Crippen LogP contribution in [0.1, 0.15) is 34.8 Å². The number of anilines is 1. The molecule has 0 spiro atoms. The Bertz CT molecular complexity index is 1500. The molecule has 2 aromatic carbocycles. The Morgan fingerprint density at radius 2 is 1.91 bits per heavy atom. The van der Waals surface area contributed by atoms with Gasteiger partial charge in [-0.1, -0.05) is 36.7 Å². The third kappa shape index (κ3) is 4.60. The highest BCUT2D eigenvalue weighted by molar-refractivity contribution is 7.92. The number of nitrogens with zero attached hydrogens (tertiary/aromatic N) is 2. The molecule has 0 saturated carbocycles. The summed E-state index contributed by atoms with van der Waals surface area (Å²) in [6.07, 6.45) is 3.66. The molecule has 2 aromatic heterocycles. The van der Waals surface area contributed by atoms with E-state index in [4.69, 9.17) is 11.6 Å². The van der Waals surface area contributed by atoms with Gasteiger partial charge in [0.1, 0.15) is 11.7 Å². The summed E-state index contributed by atoms with van der Waals surface area (Å²) in [6, 6.07) is 15.6. The highest BCUT2D eigenvalue weighted by Crippen LogP contribution is 2.29. The molecule has 9 heteroatoms. The Kier molecular flexibility index (Phi) is 6.18. The van der Waals surface area contributed by atoms with Gasteiger partial charge < -0.3 is 4.98 Å². The maximum absolute atomic E-state index is 13.4. The molecule has 0 aliphatic rings. The monoisotopic (exact) mass is 478 g/mol. The van der Waals surface area contributed by atoms with Gasteiger partial charge >= 0.3 is 0 Å². The van der Waals surface area contributed by atoms with E-state index < -0.39 is 15.8 Å². The zero-order chi connectivity index (χ0) is 23.6. The van der Waals surface area contributed by atoms with Crippen LogP contribution in [-0.2, 0) is 10.0 Å². The molecule has 166 valence electrons. The van der Waals surface area contributed by atoms with Gasteiger partial charge in [-0.25, -0.2) is 13.4 Å². The van der Waals surface area contributed by atoms with Crippen LogP contribution in [0.3, 0.4) is 0 Å². The molecule has 33 heavy (non-hydrogen) atoms. The number of carbonyl (C=O) groups excluding carboxylic acids is 1.